The van der Waals surface area contributed by atoms with Gasteiger partial charge in [0.05, 0.1) is 16.3 Å². The number of ketones is 1. The van der Waals surface area contributed by atoms with Crippen molar-refractivity contribution in [3.05, 3.63) is 87.1 Å². The van der Waals surface area contributed by atoms with Crippen LogP contribution in [0.3, 0.4) is 0 Å². The molecule has 8 heteroatoms. The van der Waals surface area contributed by atoms with Crippen LogP contribution >= 0.6 is 23.5 Å². The summed E-state index contributed by atoms with van der Waals surface area (Å²) >= 11 is 7.25. The van der Waals surface area contributed by atoms with Crippen molar-refractivity contribution in [3.8, 4) is 0 Å². The van der Waals surface area contributed by atoms with Gasteiger partial charge >= 0.3 is 0 Å². The first-order chi connectivity index (χ1) is 15.1. The first kappa shape index (κ1) is 22.7. The van der Waals surface area contributed by atoms with Gasteiger partial charge in [-0.15, -0.1) is 0 Å². The second kappa shape index (κ2) is 8.79. The minimum Gasteiger partial charge on any atom is -0.367 e. The van der Waals surface area contributed by atoms with E-state index in [9.17, 15) is 9.18 Å². The Morgan fingerprint density at radius 2 is 1.97 bits per heavy atom. The lowest BCUT2D eigenvalue weighted by Crippen LogP contribution is -2.36. The van der Waals surface area contributed by atoms with Gasteiger partial charge in [-0.2, -0.15) is 0 Å². The molecular formula is C24H24ClF2N3OS. The lowest BCUT2D eigenvalue weighted by molar-refractivity contribution is 0.102. The molecule has 1 aliphatic carbocycles. The second-order valence-electron chi connectivity index (χ2n) is 8.94. The van der Waals surface area contributed by atoms with Crippen LogP contribution in [0.4, 0.5) is 14.5 Å². The van der Waals surface area contributed by atoms with Gasteiger partial charge in [0.15, 0.2) is 5.82 Å². The number of halogens is 3. The van der Waals surface area contributed by atoms with Crippen LogP contribution in [-0.2, 0) is 0 Å². The van der Waals surface area contributed by atoms with Crippen molar-refractivity contribution in [3.63, 3.8) is 0 Å². The van der Waals surface area contributed by atoms with E-state index in [0.29, 0.717) is 16.5 Å². The van der Waals surface area contributed by atoms with E-state index in [1.54, 1.807) is 12.3 Å². The van der Waals surface area contributed by atoms with Gasteiger partial charge in [0.25, 0.3) is 0 Å². The van der Waals surface area contributed by atoms with Gasteiger partial charge < -0.3 is 15.4 Å². The minimum absolute atomic E-state index is 0.0452. The average molecular weight is 476 g/mol. The van der Waals surface area contributed by atoms with Crippen molar-refractivity contribution >= 4 is 35.0 Å². The van der Waals surface area contributed by atoms with Crippen LogP contribution in [0.5, 0.6) is 0 Å². The van der Waals surface area contributed by atoms with Crippen LogP contribution in [0.1, 0.15) is 37.6 Å². The van der Waals surface area contributed by atoms with E-state index in [-0.39, 0.29) is 22.8 Å². The molecule has 0 radical (unpaired) electrons. The molecule has 0 spiro atoms. The van der Waals surface area contributed by atoms with Gasteiger partial charge in [0.1, 0.15) is 12.0 Å². The smallest absolute Gasteiger partial charge is 0.200 e. The number of hydrogen-bond acceptors (Lipinski definition) is 5. The monoisotopic (exact) mass is 475 g/mol. The first-order valence-corrected chi connectivity index (χ1v) is 11.5. The van der Waals surface area contributed by atoms with Crippen LogP contribution in [0.2, 0.25) is 0 Å². The lowest BCUT2D eigenvalue weighted by Gasteiger charge is -2.29. The van der Waals surface area contributed by atoms with E-state index >= 15 is 4.39 Å². The third-order valence-corrected chi connectivity index (χ3v) is 6.80. The van der Waals surface area contributed by atoms with Gasteiger partial charge in [-0.1, -0.05) is 50.6 Å². The highest BCUT2D eigenvalue weighted by atomic mass is 35.5. The summed E-state index contributed by atoms with van der Waals surface area (Å²) in [6.07, 6.45) is 11.4. The van der Waals surface area contributed by atoms with E-state index < -0.39 is 23.0 Å². The van der Waals surface area contributed by atoms with E-state index in [1.807, 2.05) is 6.08 Å². The number of fused-ring (bicyclic) bond motifs is 1. The molecule has 4 rings (SSSR count). The van der Waals surface area contributed by atoms with E-state index in [0.717, 1.165) is 17.4 Å². The highest BCUT2D eigenvalue weighted by Crippen LogP contribution is 2.36. The van der Waals surface area contributed by atoms with E-state index in [4.69, 9.17) is 11.6 Å². The normalized spacial score (nSPS) is 22.1. The number of carbonyl (C=O) groups excluding carboxylic acids is 1. The fourth-order valence-electron chi connectivity index (χ4n) is 3.75. The van der Waals surface area contributed by atoms with Crippen LogP contribution in [0.25, 0.3) is 0 Å². The van der Waals surface area contributed by atoms with Crippen LogP contribution in [-0.4, -0.2) is 11.9 Å². The molecule has 2 heterocycles. The minimum atomic E-state index is -0.925. The van der Waals surface area contributed by atoms with Crippen LogP contribution in [0, 0.1) is 23.0 Å². The van der Waals surface area contributed by atoms with Crippen molar-refractivity contribution in [2.45, 2.75) is 33.4 Å². The summed E-state index contributed by atoms with van der Waals surface area (Å²) in [5, 5.41) is 6.35. The lowest BCUT2D eigenvalue weighted by atomic mass is 9.77. The molecule has 0 bridgehead atoms. The second-order valence-corrected chi connectivity index (χ2v) is 10.3. The summed E-state index contributed by atoms with van der Waals surface area (Å²) in [5.41, 5.74) is 0.323. The number of hydrogen-bond donors (Lipinski definition) is 3. The van der Waals surface area contributed by atoms with Crippen molar-refractivity contribution in [1.29, 1.82) is 0 Å². The molecule has 0 amide bonds. The van der Waals surface area contributed by atoms with Crippen molar-refractivity contribution in [2.75, 3.05) is 4.72 Å². The van der Waals surface area contributed by atoms with Gasteiger partial charge in [-0.3, -0.25) is 4.79 Å². The third kappa shape index (κ3) is 4.50. The molecule has 168 valence electrons. The number of Topliss-reactive ketones (excluding diaryl/α,β-unsaturated/α-hetero) is 1. The molecule has 2 atom stereocenters. The number of carbonyl (C=O) groups is 1. The molecule has 1 aromatic rings. The maximum Gasteiger partial charge on any atom is 0.200 e. The van der Waals surface area contributed by atoms with Gasteiger partial charge in [0.2, 0.25) is 5.78 Å². The number of rotatable bonds is 5. The maximum absolute atomic E-state index is 15.2. The Balaban J connectivity index is 1.52. The zero-order valence-electron chi connectivity index (χ0n) is 17.9. The molecule has 32 heavy (non-hydrogen) atoms. The van der Waals surface area contributed by atoms with E-state index in [1.165, 1.54) is 24.2 Å². The SMILES string of the molecule is CC(C)(C)C1C=CC(SNc2ccc(F)c(C(=O)C3=CNC4NC=C(Cl)C=C34)c2F)=CC1. The molecule has 2 unspecified atom stereocenters. The number of nitrogens with one attached hydrogen (secondary N) is 3. The molecule has 4 nitrogen and oxygen atoms in total. The summed E-state index contributed by atoms with van der Waals surface area (Å²) in [6.45, 7) is 6.58. The standard InChI is InChI=1S/C24H24ClF2N3OS/c1-24(2,3)13-4-6-15(7-5-13)32-30-19-9-8-18(26)20(21(19)27)22(31)17-12-29-23-16(17)10-14(25)11-28-23/h4,6-13,23,28-30H,5H2,1-3H3. The quantitative estimate of drug-likeness (QED) is 0.353. The summed E-state index contributed by atoms with van der Waals surface area (Å²) in [5.74, 6) is -2.15. The van der Waals surface area contributed by atoms with Crippen LogP contribution < -0.4 is 15.4 Å². The fraction of sp³-hybridized carbons (Fsp3) is 0.292. The highest BCUT2D eigenvalue weighted by Gasteiger charge is 2.33. The molecule has 0 saturated carbocycles. The Morgan fingerprint density at radius 1 is 1.22 bits per heavy atom. The number of anilines is 1. The van der Waals surface area contributed by atoms with Crippen molar-refractivity contribution < 1.29 is 13.6 Å². The number of dihydropyridines is 1. The van der Waals surface area contributed by atoms with Crippen molar-refractivity contribution in [2.24, 2.45) is 11.3 Å². The van der Waals surface area contributed by atoms with E-state index in [2.05, 4.69) is 48.3 Å². The molecule has 3 aliphatic rings. The Labute approximate surface area is 195 Å². The van der Waals surface area contributed by atoms with Crippen molar-refractivity contribution in [1.82, 2.24) is 10.6 Å². The number of benzene rings is 1. The van der Waals surface area contributed by atoms with Gasteiger partial charge in [-0.05, 0) is 47.9 Å². The molecule has 0 aromatic heterocycles. The molecular weight excluding hydrogens is 452 g/mol. The summed E-state index contributed by atoms with van der Waals surface area (Å²) < 4.78 is 32.7. The molecule has 0 fully saturated rings. The van der Waals surface area contributed by atoms with Gasteiger partial charge in [0, 0.05) is 28.5 Å². The molecule has 0 saturated heterocycles. The summed E-state index contributed by atoms with van der Waals surface area (Å²) in [4.78, 5) is 14.0. The summed E-state index contributed by atoms with van der Waals surface area (Å²) in [6, 6.07) is 2.39. The average Bonchev–Trinajstić information content (AvgIpc) is 3.16. The Bertz CT molecular complexity index is 1110. The predicted octanol–water partition coefficient (Wildman–Crippen LogP) is 6.14. The molecule has 2 aliphatic heterocycles. The Morgan fingerprint density at radius 3 is 2.66 bits per heavy atom. The largest absolute Gasteiger partial charge is 0.367 e. The Kier molecular flexibility index (Phi) is 6.23. The third-order valence-electron chi connectivity index (χ3n) is 5.72. The summed E-state index contributed by atoms with van der Waals surface area (Å²) in [7, 11) is 0. The Hall–Kier alpha value is -2.51. The van der Waals surface area contributed by atoms with Crippen LogP contribution in [0.15, 0.2) is 69.9 Å². The predicted molar refractivity (Wildman–Crippen MR) is 127 cm³/mol. The first-order valence-electron chi connectivity index (χ1n) is 10.3. The molecule has 1 aromatic carbocycles. The topological polar surface area (TPSA) is 53.2 Å². The van der Waals surface area contributed by atoms with Gasteiger partial charge in [-0.25, -0.2) is 8.78 Å². The zero-order valence-corrected chi connectivity index (χ0v) is 19.5. The number of allylic oxidation sites excluding steroid dienone is 5. The molecule has 3 N–H and O–H groups in total. The maximum atomic E-state index is 15.2. The highest BCUT2D eigenvalue weighted by molar-refractivity contribution is 8.04. The zero-order chi connectivity index (χ0) is 23.0. The fourth-order valence-corrected chi connectivity index (χ4v) is 4.64.